The molecule has 0 heterocycles. The summed E-state index contributed by atoms with van der Waals surface area (Å²) >= 11 is 2.69. The van der Waals surface area contributed by atoms with Gasteiger partial charge >= 0.3 is 0 Å². The van der Waals surface area contributed by atoms with Gasteiger partial charge in [0.05, 0.1) is 0 Å². The molecule has 0 aliphatic rings. The van der Waals surface area contributed by atoms with Crippen LogP contribution in [-0.4, -0.2) is 6.29 Å². The molecule has 1 atom stereocenters. The molecule has 0 amide bonds. The molecule has 0 N–H and O–H groups in total. The first-order valence-electron chi connectivity index (χ1n) is 3.82. The van der Waals surface area contributed by atoms with Crippen LogP contribution in [0.3, 0.4) is 0 Å². The van der Waals surface area contributed by atoms with Crippen LogP contribution in [0.15, 0.2) is 0 Å². The first-order valence-corrected chi connectivity index (χ1v) is 9.48. The Morgan fingerprint density at radius 2 is 2.00 bits per heavy atom. The maximum atomic E-state index is 2.69. The van der Waals surface area contributed by atoms with Gasteiger partial charge in [0.15, 0.2) is 0 Å². The number of hydrogen-bond acceptors (Lipinski definition) is 0. The lowest BCUT2D eigenvalue weighted by atomic mass is 10.4. The van der Waals surface area contributed by atoms with E-state index in [1.54, 1.807) is 0 Å². The Bertz CT molecular complexity index is 63.9. The molecular weight excluding hydrogens is 239 g/mol. The van der Waals surface area contributed by atoms with E-state index in [0.717, 1.165) is 5.54 Å². The minimum absolute atomic E-state index is 0.323. The van der Waals surface area contributed by atoms with E-state index in [-0.39, 0.29) is 6.29 Å². The Labute approximate surface area is 73.2 Å². The lowest BCUT2D eigenvalue weighted by molar-refractivity contribution is 0.867. The molecular formula is C7H17ISi. The van der Waals surface area contributed by atoms with E-state index in [1.165, 1.54) is 18.9 Å². The fourth-order valence-corrected chi connectivity index (χ4v) is 3.52. The molecule has 1 unspecified atom stereocenters. The molecule has 9 heavy (non-hydrogen) atoms. The van der Waals surface area contributed by atoms with Crippen LogP contribution in [-0.2, 0) is 0 Å². The van der Waals surface area contributed by atoms with Gasteiger partial charge in [0.1, 0.15) is 6.29 Å². The molecule has 0 aromatic heterocycles. The Morgan fingerprint density at radius 3 is 2.33 bits per heavy atom. The highest BCUT2D eigenvalue weighted by Crippen LogP contribution is 2.19. The quantitative estimate of drug-likeness (QED) is 0.411. The fraction of sp³-hybridized carbons (Fsp3) is 1.00. The second kappa shape index (κ2) is 5.71. The van der Waals surface area contributed by atoms with Gasteiger partial charge in [0.2, 0.25) is 0 Å². The third-order valence-electron chi connectivity index (χ3n) is 1.56. The van der Waals surface area contributed by atoms with E-state index in [1.807, 2.05) is 0 Å². The standard InChI is InChI=1S/C7H17ISi/c1-4-5-6-9(8)7(2)3/h7,9H,4-6H2,1-3H3. The molecule has 0 bridgehead atoms. The molecule has 0 aliphatic heterocycles. The van der Waals surface area contributed by atoms with Crippen LogP contribution in [0.25, 0.3) is 0 Å². The molecule has 0 saturated carbocycles. The van der Waals surface area contributed by atoms with Crippen molar-refractivity contribution in [2.24, 2.45) is 0 Å². The molecule has 0 saturated heterocycles. The monoisotopic (exact) mass is 256 g/mol. The van der Waals surface area contributed by atoms with Crippen molar-refractivity contribution in [2.45, 2.75) is 45.2 Å². The molecule has 0 aliphatic carbocycles. The van der Waals surface area contributed by atoms with Crippen molar-refractivity contribution in [3.63, 3.8) is 0 Å². The molecule has 0 aromatic rings. The zero-order valence-corrected chi connectivity index (χ0v) is 9.97. The second-order valence-electron chi connectivity index (χ2n) is 2.90. The van der Waals surface area contributed by atoms with Gasteiger partial charge in [-0.15, -0.1) is 21.8 Å². The molecule has 0 spiro atoms. The summed E-state index contributed by atoms with van der Waals surface area (Å²) in [7, 11) is 0. The summed E-state index contributed by atoms with van der Waals surface area (Å²) < 4.78 is 0. The number of rotatable bonds is 4. The van der Waals surface area contributed by atoms with Crippen LogP contribution in [0.5, 0.6) is 0 Å². The highest BCUT2D eigenvalue weighted by molar-refractivity contribution is 14.1. The van der Waals surface area contributed by atoms with Gasteiger partial charge in [-0.1, -0.05) is 39.7 Å². The average molecular weight is 256 g/mol. The van der Waals surface area contributed by atoms with Gasteiger partial charge in [0.25, 0.3) is 0 Å². The Balaban J connectivity index is 3.16. The predicted molar refractivity (Wildman–Crippen MR) is 56.0 cm³/mol. The normalized spacial score (nSPS) is 14.3. The topological polar surface area (TPSA) is 0 Å². The summed E-state index contributed by atoms with van der Waals surface area (Å²) in [6.07, 6.45) is 2.51. The van der Waals surface area contributed by atoms with E-state index in [0.29, 0.717) is 0 Å². The Morgan fingerprint density at radius 1 is 1.44 bits per heavy atom. The van der Waals surface area contributed by atoms with Gasteiger partial charge in [-0.3, -0.25) is 0 Å². The summed E-state index contributed by atoms with van der Waals surface area (Å²) in [6.45, 7) is 7.00. The summed E-state index contributed by atoms with van der Waals surface area (Å²) in [6, 6.07) is 1.54. The summed E-state index contributed by atoms with van der Waals surface area (Å²) in [5.41, 5.74) is 0.997. The van der Waals surface area contributed by atoms with E-state index in [9.17, 15) is 0 Å². The smallest absolute Gasteiger partial charge is 0.112 e. The lowest BCUT2D eigenvalue weighted by Crippen LogP contribution is -2.06. The third kappa shape index (κ3) is 5.39. The van der Waals surface area contributed by atoms with Gasteiger partial charge < -0.3 is 0 Å². The molecule has 0 aromatic carbocycles. The minimum atomic E-state index is -0.323. The number of hydrogen-bond donors (Lipinski definition) is 0. The maximum Gasteiger partial charge on any atom is 0.112 e. The van der Waals surface area contributed by atoms with Crippen molar-refractivity contribution < 1.29 is 0 Å². The summed E-state index contributed by atoms with van der Waals surface area (Å²) in [4.78, 5) is 0. The zero-order chi connectivity index (χ0) is 7.28. The van der Waals surface area contributed by atoms with Crippen LogP contribution >= 0.6 is 21.8 Å². The summed E-state index contributed by atoms with van der Waals surface area (Å²) in [5, 5.41) is 0. The molecule has 0 fully saturated rings. The lowest BCUT2D eigenvalue weighted by Gasteiger charge is -2.09. The minimum Gasteiger partial charge on any atom is -0.123 e. The molecule has 56 valence electrons. The van der Waals surface area contributed by atoms with E-state index in [4.69, 9.17) is 0 Å². The third-order valence-corrected chi connectivity index (χ3v) is 10.1. The van der Waals surface area contributed by atoms with E-state index in [2.05, 4.69) is 42.6 Å². The highest BCUT2D eigenvalue weighted by Gasteiger charge is 2.08. The van der Waals surface area contributed by atoms with Gasteiger partial charge in [-0.05, 0) is 5.54 Å². The van der Waals surface area contributed by atoms with Crippen molar-refractivity contribution in [1.29, 1.82) is 0 Å². The highest BCUT2D eigenvalue weighted by atomic mass is 127. The molecule has 0 rings (SSSR count). The first-order chi connectivity index (χ1) is 4.18. The van der Waals surface area contributed by atoms with Gasteiger partial charge in [0, 0.05) is 0 Å². The Hall–Kier alpha value is 0.947. The largest absolute Gasteiger partial charge is 0.123 e. The molecule has 0 radical (unpaired) electrons. The van der Waals surface area contributed by atoms with Gasteiger partial charge in [-0.2, -0.15) is 0 Å². The SMILES string of the molecule is CCCC[SiH](I)C(C)C. The predicted octanol–water partition coefficient (Wildman–Crippen LogP) is 3.36. The second-order valence-corrected chi connectivity index (χ2v) is 10.6. The van der Waals surface area contributed by atoms with Crippen molar-refractivity contribution in [2.75, 3.05) is 0 Å². The molecule has 0 nitrogen and oxygen atoms in total. The van der Waals surface area contributed by atoms with Crippen LogP contribution < -0.4 is 0 Å². The fourth-order valence-electron chi connectivity index (χ4n) is 0.732. The Kier molecular flexibility index (Phi) is 6.31. The van der Waals surface area contributed by atoms with E-state index >= 15 is 0 Å². The van der Waals surface area contributed by atoms with Crippen molar-refractivity contribution in [3.8, 4) is 0 Å². The zero-order valence-electron chi connectivity index (χ0n) is 6.65. The average Bonchev–Trinajstić information content (AvgIpc) is 1.82. The van der Waals surface area contributed by atoms with Crippen molar-refractivity contribution in [3.05, 3.63) is 0 Å². The van der Waals surface area contributed by atoms with Gasteiger partial charge in [-0.25, -0.2) is 0 Å². The van der Waals surface area contributed by atoms with Crippen LogP contribution in [0, 0.1) is 0 Å². The molecule has 2 heteroatoms. The number of halogens is 1. The first kappa shape index (κ1) is 9.95. The number of unbranched alkanes of at least 4 members (excludes halogenated alkanes) is 1. The van der Waals surface area contributed by atoms with Crippen LogP contribution in [0.1, 0.15) is 33.6 Å². The van der Waals surface area contributed by atoms with Crippen molar-refractivity contribution in [1.82, 2.24) is 0 Å². The van der Waals surface area contributed by atoms with Crippen LogP contribution in [0.4, 0.5) is 0 Å². The van der Waals surface area contributed by atoms with Crippen LogP contribution in [0.2, 0.25) is 11.6 Å². The summed E-state index contributed by atoms with van der Waals surface area (Å²) in [5.74, 6) is 0. The van der Waals surface area contributed by atoms with E-state index < -0.39 is 0 Å². The van der Waals surface area contributed by atoms with Crippen molar-refractivity contribution >= 4 is 28.1 Å². The maximum absolute atomic E-state index is 2.69.